The number of anilines is 1. The molecule has 98 valence electrons. The zero-order chi connectivity index (χ0) is 13.3. The molecule has 0 amide bonds. The Morgan fingerprint density at radius 3 is 2.67 bits per heavy atom. The summed E-state index contributed by atoms with van der Waals surface area (Å²) in [6.07, 6.45) is 4.32. The second kappa shape index (κ2) is 4.87. The first kappa shape index (κ1) is 13.3. The molecule has 4 nitrogen and oxygen atoms in total. The highest BCUT2D eigenvalue weighted by molar-refractivity contribution is 7.89. The average molecular weight is 291 g/mol. The Labute approximate surface area is 110 Å². The van der Waals surface area contributed by atoms with Crippen LogP contribution in [-0.4, -0.2) is 25.8 Å². The summed E-state index contributed by atoms with van der Waals surface area (Å²) in [6.45, 7) is 0.669. The van der Waals surface area contributed by atoms with Crippen LogP contribution in [-0.2, 0) is 10.0 Å². The smallest absolute Gasteiger partial charge is 0.244 e. The third kappa shape index (κ3) is 2.36. The van der Waals surface area contributed by atoms with Crippen molar-refractivity contribution in [2.24, 2.45) is 0 Å². The van der Waals surface area contributed by atoms with Gasteiger partial charge >= 0.3 is 0 Å². The molecule has 0 bridgehead atoms. The van der Waals surface area contributed by atoms with Crippen molar-refractivity contribution in [2.45, 2.75) is 11.3 Å². The van der Waals surface area contributed by atoms with Crippen molar-refractivity contribution in [2.75, 3.05) is 18.8 Å². The molecule has 0 spiro atoms. The van der Waals surface area contributed by atoms with Crippen LogP contribution < -0.4 is 5.73 Å². The van der Waals surface area contributed by atoms with Crippen molar-refractivity contribution in [3.8, 4) is 0 Å². The van der Waals surface area contributed by atoms with E-state index in [4.69, 9.17) is 17.3 Å². The molecule has 0 saturated carbocycles. The molecule has 18 heavy (non-hydrogen) atoms. The van der Waals surface area contributed by atoms with Crippen molar-refractivity contribution in [3.05, 3.63) is 35.1 Å². The largest absolute Gasteiger partial charge is 0.396 e. The van der Waals surface area contributed by atoms with Gasteiger partial charge in [-0.1, -0.05) is 23.8 Å². The van der Waals surface area contributed by atoms with Crippen molar-refractivity contribution >= 4 is 27.3 Å². The Morgan fingerprint density at radius 1 is 1.33 bits per heavy atom. The molecule has 0 saturated heterocycles. The van der Waals surface area contributed by atoms with Crippen LogP contribution in [0, 0.1) is 5.82 Å². The first-order chi connectivity index (χ1) is 8.43. The number of rotatable bonds is 2. The van der Waals surface area contributed by atoms with Gasteiger partial charge in [0.15, 0.2) is 0 Å². The standard InChI is InChI=1S/C11H12ClFN2O2S/c12-8-6-9(13)10(14)7-11(8)18(16,17)15-4-2-1-3-5-15/h1-2,6-7H,3-5,14H2. The molecular weight excluding hydrogens is 279 g/mol. The van der Waals surface area contributed by atoms with Gasteiger partial charge in [-0.15, -0.1) is 0 Å². The van der Waals surface area contributed by atoms with Crippen molar-refractivity contribution in [1.82, 2.24) is 4.31 Å². The Kier molecular flexibility index (Phi) is 3.61. The minimum atomic E-state index is -3.73. The predicted octanol–water partition coefficient (Wildman–Crippen LogP) is 2.01. The lowest BCUT2D eigenvalue weighted by Gasteiger charge is -2.23. The van der Waals surface area contributed by atoms with E-state index in [-0.39, 0.29) is 22.2 Å². The van der Waals surface area contributed by atoms with E-state index in [0.29, 0.717) is 13.0 Å². The fraction of sp³-hybridized carbons (Fsp3) is 0.273. The van der Waals surface area contributed by atoms with E-state index < -0.39 is 15.8 Å². The first-order valence-electron chi connectivity index (χ1n) is 5.32. The van der Waals surface area contributed by atoms with Gasteiger partial charge in [-0.3, -0.25) is 0 Å². The van der Waals surface area contributed by atoms with Crippen LogP contribution in [0.2, 0.25) is 5.02 Å². The van der Waals surface area contributed by atoms with Crippen LogP contribution >= 0.6 is 11.6 Å². The molecule has 2 rings (SSSR count). The maximum atomic E-state index is 13.2. The monoisotopic (exact) mass is 290 g/mol. The molecule has 0 aliphatic carbocycles. The molecule has 0 radical (unpaired) electrons. The molecule has 1 heterocycles. The van der Waals surface area contributed by atoms with Gasteiger partial charge in [-0.05, 0) is 18.6 Å². The molecule has 0 fully saturated rings. The van der Waals surface area contributed by atoms with Gasteiger partial charge in [0.05, 0.1) is 10.7 Å². The number of nitrogens with two attached hydrogens (primary N) is 1. The lowest BCUT2D eigenvalue weighted by atomic mass is 10.3. The molecule has 2 N–H and O–H groups in total. The summed E-state index contributed by atoms with van der Waals surface area (Å²) < 4.78 is 39.0. The number of nitrogens with zero attached hydrogens (tertiary/aromatic N) is 1. The van der Waals surface area contributed by atoms with Crippen molar-refractivity contribution in [1.29, 1.82) is 0 Å². The van der Waals surface area contributed by atoms with Crippen LogP contribution in [0.4, 0.5) is 10.1 Å². The molecule has 1 aromatic carbocycles. The highest BCUT2D eigenvalue weighted by Crippen LogP contribution is 2.29. The van der Waals surface area contributed by atoms with E-state index in [2.05, 4.69) is 0 Å². The van der Waals surface area contributed by atoms with E-state index >= 15 is 0 Å². The van der Waals surface area contributed by atoms with Gasteiger partial charge in [-0.25, -0.2) is 12.8 Å². The maximum Gasteiger partial charge on any atom is 0.244 e. The zero-order valence-corrected chi connectivity index (χ0v) is 11.0. The van der Waals surface area contributed by atoms with Crippen molar-refractivity contribution in [3.63, 3.8) is 0 Å². The Hall–Kier alpha value is -1.11. The van der Waals surface area contributed by atoms with E-state index in [1.165, 1.54) is 4.31 Å². The lowest BCUT2D eigenvalue weighted by Crippen LogP contribution is -2.34. The van der Waals surface area contributed by atoms with Gasteiger partial charge in [0, 0.05) is 13.1 Å². The number of halogens is 2. The van der Waals surface area contributed by atoms with Gasteiger partial charge < -0.3 is 5.73 Å². The van der Waals surface area contributed by atoms with Crippen LogP contribution in [0.3, 0.4) is 0 Å². The number of benzene rings is 1. The van der Waals surface area contributed by atoms with Crippen molar-refractivity contribution < 1.29 is 12.8 Å². The summed E-state index contributed by atoms with van der Waals surface area (Å²) in [6, 6.07) is 1.98. The highest BCUT2D eigenvalue weighted by atomic mass is 35.5. The van der Waals surface area contributed by atoms with Gasteiger partial charge in [0.1, 0.15) is 10.7 Å². The number of hydrogen-bond donors (Lipinski definition) is 1. The molecule has 1 aliphatic heterocycles. The van der Waals surface area contributed by atoms with E-state index in [0.717, 1.165) is 12.1 Å². The number of hydrogen-bond acceptors (Lipinski definition) is 3. The second-order valence-electron chi connectivity index (χ2n) is 3.93. The summed E-state index contributed by atoms with van der Waals surface area (Å²) in [4.78, 5) is -0.154. The second-order valence-corrected chi connectivity index (χ2v) is 6.24. The topological polar surface area (TPSA) is 63.4 Å². The zero-order valence-electron chi connectivity index (χ0n) is 9.44. The molecular formula is C11H12ClFN2O2S. The van der Waals surface area contributed by atoms with Crippen LogP contribution in [0.5, 0.6) is 0 Å². The summed E-state index contributed by atoms with van der Waals surface area (Å²) in [7, 11) is -3.73. The van der Waals surface area contributed by atoms with E-state index in [1.807, 2.05) is 6.08 Å². The quantitative estimate of drug-likeness (QED) is 0.669. The molecule has 0 unspecified atom stereocenters. The first-order valence-corrected chi connectivity index (χ1v) is 7.14. The van der Waals surface area contributed by atoms with E-state index in [9.17, 15) is 12.8 Å². The van der Waals surface area contributed by atoms with Crippen LogP contribution in [0.1, 0.15) is 6.42 Å². The Morgan fingerprint density at radius 2 is 2.06 bits per heavy atom. The van der Waals surface area contributed by atoms with E-state index in [1.54, 1.807) is 6.08 Å². The molecule has 0 atom stereocenters. The normalized spacial score (nSPS) is 17.0. The minimum Gasteiger partial charge on any atom is -0.396 e. The molecule has 1 aliphatic rings. The highest BCUT2D eigenvalue weighted by Gasteiger charge is 2.27. The number of sulfonamides is 1. The summed E-state index contributed by atoms with van der Waals surface area (Å²) in [5.41, 5.74) is 5.15. The Balaban J connectivity index is 2.47. The van der Waals surface area contributed by atoms with Crippen LogP contribution in [0.25, 0.3) is 0 Å². The molecule has 1 aromatic rings. The fourth-order valence-electron chi connectivity index (χ4n) is 1.72. The number of nitrogen functional groups attached to an aromatic ring is 1. The summed E-state index contributed by atoms with van der Waals surface area (Å²) >= 11 is 5.79. The minimum absolute atomic E-state index is 0.154. The predicted molar refractivity (Wildman–Crippen MR) is 68.3 cm³/mol. The van der Waals surface area contributed by atoms with Gasteiger partial charge in [-0.2, -0.15) is 4.31 Å². The van der Waals surface area contributed by atoms with Crippen LogP contribution in [0.15, 0.2) is 29.2 Å². The third-order valence-corrected chi connectivity index (χ3v) is 5.02. The fourth-order valence-corrected chi connectivity index (χ4v) is 3.65. The SMILES string of the molecule is Nc1cc(S(=O)(=O)N2CC=CCC2)c(Cl)cc1F. The average Bonchev–Trinajstić information content (AvgIpc) is 2.34. The third-order valence-electron chi connectivity index (χ3n) is 2.69. The van der Waals surface area contributed by atoms with Gasteiger partial charge in [0.25, 0.3) is 0 Å². The maximum absolute atomic E-state index is 13.2. The lowest BCUT2D eigenvalue weighted by molar-refractivity contribution is 0.437. The molecule has 7 heteroatoms. The Bertz CT molecular complexity index is 601. The summed E-state index contributed by atoms with van der Waals surface area (Å²) in [5.74, 6) is -0.725. The van der Waals surface area contributed by atoms with Gasteiger partial charge in [0.2, 0.25) is 10.0 Å². The molecule has 0 aromatic heterocycles. The summed E-state index contributed by atoms with van der Waals surface area (Å²) in [5, 5.41) is -0.156.